The second-order valence-corrected chi connectivity index (χ2v) is 5.97. The number of aryl methyl sites for hydroxylation is 1. The Hall–Kier alpha value is -3.22. The van der Waals surface area contributed by atoms with Crippen LogP contribution < -0.4 is 15.5 Å². The lowest BCUT2D eigenvalue weighted by Crippen LogP contribution is -2.33. The van der Waals surface area contributed by atoms with E-state index in [0.717, 1.165) is 17.4 Å². The van der Waals surface area contributed by atoms with E-state index in [1.807, 2.05) is 31.2 Å². The Labute approximate surface area is 155 Å². The van der Waals surface area contributed by atoms with Crippen LogP contribution in [0, 0.1) is 5.82 Å². The van der Waals surface area contributed by atoms with Crippen molar-refractivity contribution < 1.29 is 13.9 Å². The van der Waals surface area contributed by atoms with Gasteiger partial charge in [-0.2, -0.15) is 5.10 Å². The number of benzene rings is 2. The van der Waals surface area contributed by atoms with Crippen molar-refractivity contribution >= 4 is 16.8 Å². The van der Waals surface area contributed by atoms with Crippen molar-refractivity contribution in [1.82, 2.24) is 15.1 Å². The number of nitrogens with one attached hydrogen (secondary N) is 1. The molecule has 0 saturated heterocycles. The zero-order valence-corrected chi connectivity index (χ0v) is 15.2. The van der Waals surface area contributed by atoms with Crippen LogP contribution in [-0.4, -0.2) is 29.3 Å². The Morgan fingerprint density at radius 2 is 2.04 bits per heavy atom. The van der Waals surface area contributed by atoms with Crippen LogP contribution in [0.1, 0.15) is 23.0 Å². The minimum atomic E-state index is -0.580. The molecule has 0 aliphatic heterocycles. The van der Waals surface area contributed by atoms with E-state index in [-0.39, 0.29) is 11.1 Å². The van der Waals surface area contributed by atoms with E-state index in [1.165, 1.54) is 16.8 Å². The Morgan fingerprint density at radius 3 is 2.78 bits per heavy atom. The summed E-state index contributed by atoms with van der Waals surface area (Å²) in [5.74, 6) is -0.376. The van der Waals surface area contributed by atoms with E-state index in [4.69, 9.17) is 4.74 Å². The lowest BCUT2D eigenvalue weighted by molar-refractivity contribution is 0.0946. The third-order valence-corrected chi connectivity index (χ3v) is 4.30. The van der Waals surface area contributed by atoms with Crippen LogP contribution in [0.2, 0.25) is 0 Å². The number of amides is 1. The number of fused-ring (bicyclic) bond motifs is 1. The van der Waals surface area contributed by atoms with Gasteiger partial charge in [0.25, 0.3) is 5.91 Å². The standard InChI is InChI=1S/C20H20FN3O3/c1-3-24-16-9-8-14(21)12-15(16)19(25)18(23-24)20(26)22-11-10-13-6-4-5-7-17(13)27-2/h4-9,12H,3,10-11H2,1-2H3,(H,22,26). The zero-order valence-electron chi connectivity index (χ0n) is 15.2. The molecule has 2 aromatic carbocycles. The molecule has 1 aromatic heterocycles. The molecule has 0 spiro atoms. The number of para-hydroxylation sites is 1. The molecule has 0 saturated carbocycles. The Bertz CT molecular complexity index is 1050. The molecule has 140 valence electrons. The van der Waals surface area contributed by atoms with Gasteiger partial charge in [0.15, 0.2) is 5.69 Å². The maximum Gasteiger partial charge on any atom is 0.275 e. The summed E-state index contributed by atoms with van der Waals surface area (Å²) in [6.07, 6.45) is 0.542. The number of ether oxygens (including phenoxy) is 1. The maximum atomic E-state index is 13.6. The monoisotopic (exact) mass is 369 g/mol. The van der Waals surface area contributed by atoms with Crippen LogP contribution in [0.5, 0.6) is 5.75 Å². The van der Waals surface area contributed by atoms with Crippen molar-refractivity contribution in [2.24, 2.45) is 0 Å². The molecule has 0 unspecified atom stereocenters. The van der Waals surface area contributed by atoms with Gasteiger partial charge in [0.05, 0.1) is 18.0 Å². The first-order valence-corrected chi connectivity index (χ1v) is 8.65. The molecule has 7 heteroatoms. The third-order valence-electron chi connectivity index (χ3n) is 4.30. The molecule has 0 bridgehead atoms. The minimum Gasteiger partial charge on any atom is -0.496 e. The van der Waals surface area contributed by atoms with Gasteiger partial charge in [0, 0.05) is 13.1 Å². The van der Waals surface area contributed by atoms with Crippen molar-refractivity contribution in [1.29, 1.82) is 0 Å². The van der Waals surface area contributed by atoms with Crippen molar-refractivity contribution in [3.63, 3.8) is 0 Å². The summed E-state index contributed by atoms with van der Waals surface area (Å²) >= 11 is 0. The molecule has 27 heavy (non-hydrogen) atoms. The van der Waals surface area contributed by atoms with Crippen molar-refractivity contribution in [2.45, 2.75) is 19.9 Å². The van der Waals surface area contributed by atoms with Crippen molar-refractivity contribution in [3.8, 4) is 5.75 Å². The van der Waals surface area contributed by atoms with Gasteiger partial charge in [-0.25, -0.2) is 4.39 Å². The number of rotatable bonds is 6. The first-order valence-electron chi connectivity index (χ1n) is 8.65. The van der Waals surface area contributed by atoms with Gasteiger partial charge in [0.1, 0.15) is 11.6 Å². The fraction of sp³-hybridized carbons (Fsp3) is 0.250. The number of aromatic nitrogens is 2. The molecule has 0 fully saturated rings. The average molecular weight is 369 g/mol. The van der Waals surface area contributed by atoms with Crippen LogP contribution in [0.4, 0.5) is 4.39 Å². The highest BCUT2D eigenvalue weighted by molar-refractivity contribution is 5.95. The zero-order chi connectivity index (χ0) is 19.4. The van der Waals surface area contributed by atoms with Gasteiger partial charge >= 0.3 is 0 Å². The van der Waals surface area contributed by atoms with Crippen molar-refractivity contribution in [2.75, 3.05) is 13.7 Å². The fourth-order valence-electron chi connectivity index (χ4n) is 2.96. The van der Waals surface area contributed by atoms with E-state index in [9.17, 15) is 14.0 Å². The molecule has 1 amide bonds. The van der Waals surface area contributed by atoms with Crippen LogP contribution in [0.25, 0.3) is 10.9 Å². The fourth-order valence-corrected chi connectivity index (χ4v) is 2.96. The molecule has 1 heterocycles. The number of carbonyl (C=O) groups excluding carboxylic acids is 1. The maximum absolute atomic E-state index is 13.6. The number of carbonyl (C=O) groups is 1. The highest BCUT2D eigenvalue weighted by Gasteiger charge is 2.17. The van der Waals surface area contributed by atoms with Gasteiger partial charge in [-0.15, -0.1) is 0 Å². The topological polar surface area (TPSA) is 73.2 Å². The summed E-state index contributed by atoms with van der Waals surface area (Å²) in [7, 11) is 1.59. The quantitative estimate of drug-likeness (QED) is 0.725. The Balaban J connectivity index is 1.83. The van der Waals surface area contributed by atoms with Crippen LogP contribution in [0.15, 0.2) is 47.3 Å². The highest BCUT2D eigenvalue weighted by atomic mass is 19.1. The molecular weight excluding hydrogens is 349 g/mol. The van der Waals surface area contributed by atoms with E-state index < -0.39 is 17.2 Å². The summed E-state index contributed by atoms with van der Waals surface area (Å²) < 4.78 is 20.4. The molecule has 0 atom stereocenters. The first kappa shape index (κ1) is 18.6. The van der Waals surface area contributed by atoms with Gasteiger partial charge in [-0.1, -0.05) is 18.2 Å². The van der Waals surface area contributed by atoms with Gasteiger partial charge in [-0.3, -0.25) is 14.3 Å². The first-order chi connectivity index (χ1) is 13.0. The predicted octanol–water partition coefficient (Wildman–Crippen LogP) is 2.54. The number of hydrogen-bond donors (Lipinski definition) is 1. The lowest BCUT2D eigenvalue weighted by atomic mass is 10.1. The molecule has 0 aliphatic rings. The van der Waals surface area contributed by atoms with E-state index in [2.05, 4.69) is 10.4 Å². The Kier molecular flexibility index (Phi) is 5.49. The molecule has 3 aromatic rings. The smallest absolute Gasteiger partial charge is 0.275 e. The molecule has 6 nitrogen and oxygen atoms in total. The third kappa shape index (κ3) is 3.81. The number of halogens is 1. The molecule has 1 N–H and O–H groups in total. The minimum absolute atomic E-state index is 0.140. The molecule has 0 aliphatic carbocycles. The van der Waals surface area contributed by atoms with Crippen LogP contribution in [-0.2, 0) is 13.0 Å². The largest absolute Gasteiger partial charge is 0.496 e. The summed E-state index contributed by atoms with van der Waals surface area (Å²) in [6.45, 7) is 2.60. The number of hydrogen-bond acceptors (Lipinski definition) is 4. The molecule has 3 rings (SSSR count). The van der Waals surface area contributed by atoms with Crippen molar-refractivity contribution in [3.05, 3.63) is 69.8 Å². The normalized spacial score (nSPS) is 10.8. The SMILES string of the molecule is CCn1nc(C(=O)NCCc2ccccc2OC)c(=O)c2cc(F)ccc21. The van der Waals surface area contributed by atoms with E-state index in [0.29, 0.717) is 25.0 Å². The second-order valence-electron chi connectivity index (χ2n) is 5.97. The van der Waals surface area contributed by atoms with Gasteiger partial charge in [-0.05, 0) is 43.2 Å². The molecule has 0 radical (unpaired) electrons. The molecular formula is C20H20FN3O3. The summed E-state index contributed by atoms with van der Waals surface area (Å²) in [6, 6.07) is 11.4. The summed E-state index contributed by atoms with van der Waals surface area (Å²) in [5.41, 5.74) is 0.619. The van der Waals surface area contributed by atoms with Gasteiger partial charge < -0.3 is 10.1 Å². The summed E-state index contributed by atoms with van der Waals surface area (Å²) in [4.78, 5) is 25.1. The average Bonchev–Trinajstić information content (AvgIpc) is 2.69. The second kappa shape index (κ2) is 7.99. The number of nitrogens with zero attached hydrogens (tertiary/aromatic N) is 2. The van der Waals surface area contributed by atoms with Crippen LogP contribution in [0.3, 0.4) is 0 Å². The lowest BCUT2D eigenvalue weighted by Gasteiger charge is -2.11. The van der Waals surface area contributed by atoms with E-state index in [1.54, 1.807) is 7.11 Å². The summed E-state index contributed by atoms with van der Waals surface area (Å²) in [5, 5.41) is 7.00. The van der Waals surface area contributed by atoms with Gasteiger partial charge in [0.2, 0.25) is 5.43 Å². The predicted molar refractivity (Wildman–Crippen MR) is 101 cm³/mol. The Morgan fingerprint density at radius 1 is 1.26 bits per heavy atom. The number of methoxy groups -OCH3 is 1. The highest BCUT2D eigenvalue weighted by Crippen LogP contribution is 2.17. The van der Waals surface area contributed by atoms with Crippen LogP contribution >= 0.6 is 0 Å². The van der Waals surface area contributed by atoms with E-state index >= 15 is 0 Å².